The quantitative estimate of drug-likeness (QED) is 0.759. The zero-order chi connectivity index (χ0) is 17.2. The normalized spacial score (nSPS) is 12.4. The lowest BCUT2D eigenvalue weighted by Gasteiger charge is -2.04. The molecule has 0 atom stereocenters. The molecule has 0 saturated carbocycles. The molecular formula is C17H16N4O4. The molecule has 0 bridgehead atoms. The zero-order valence-corrected chi connectivity index (χ0v) is 13.6. The van der Waals surface area contributed by atoms with Crippen molar-refractivity contribution in [1.29, 1.82) is 0 Å². The van der Waals surface area contributed by atoms with E-state index >= 15 is 0 Å². The Kier molecular flexibility index (Phi) is 3.85. The van der Waals surface area contributed by atoms with Gasteiger partial charge in [0.25, 0.3) is 0 Å². The van der Waals surface area contributed by atoms with Crippen LogP contribution in [0.3, 0.4) is 0 Å². The summed E-state index contributed by atoms with van der Waals surface area (Å²) in [6, 6.07) is 9.25. The van der Waals surface area contributed by atoms with Crippen LogP contribution >= 0.6 is 0 Å². The van der Waals surface area contributed by atoms with Gasteiger partial charge in [-0.2, -0.15) is 4.98 Å². The molecule has 0 unspecified atom stereocenters. The number of aryl methyl sites for hydroxylation is 1. The van der Waals surface area contributed by atoms with E-state index in [0.717, 1.165) is 11.3 Å². The maximum atomic E-state index is 12.1. The van der Waals surface area contributed by atoms with Gasteiger partial charge in [0.1, 0.15) is 0 Å². The third-order valence-electron chi connectivity index (χ3n) is 3.88. The fourth-order valence-electron chi connectivity index (χ4n) is 2.60. The second-order valence-electron chi connectivity index (χ2n) is 5.66. The van der Waals surface area contributed by atoms with Gasteiger partial charge < -0.3 is 23.9 Å². The number of benzene rings is 1. The van der Waals surface area contributed by atoms with Crippen LogP contribution in [0, 0.1) is 0 Å². The minimum Gasteiger partial charge on any atom is -0.454 e. The van der Waals surface area contributed by atoms with Crippen molar-refractivity contribution in [3.05, 3.63) is 48.0 Å². The predicted molar refractivity (Wildman–Crippen MR) is 86.8 cm³/mol. The molecule has 4 rings (SSSR count). The Bertz CT molecular complexity index is 915. The Hall–Kier alpha value is -3.29. The van der Waals surface area contributed by atoms with E-state index in [2.05, 4.69) is 15.5 Å². The topological polar surface area (TPSA) is 91.4 Å². The highest BCUT2D eigenvalue weighted by Gasteiger charge is 2.15. The van der Waals surface area contributed by atoms with E-state index in [1.807, 2.05) is 42.1 Å². The van der Waals surface area contributed by atoms with Crippen LogP contribution in [0.15, 0.2) is 41.1 Å². The second-order valence-corrected chi connectivity index (χ2v) is 5.66. The fraction of sp³-hybridized carbons (Fsp3) is 0.235. The summed E-state index contributed by atoms with van der Waals surface area (Å²) in [5.41, 5.74) is 1.69. The van der Waals surface area contributed by atoms with Crippen LogP contribution in [0.1, 0.15) is 11.5 Å². The molecule has 1 aromatic carbocycles. The Balaban J connectivity index is 1.35. The van der Waals surface area contributed by atoms with Gasteiger partial charge in [-0.25, -0.2) is 0 Å². The van der Waals surface area contributed by atoms with Crippen LogP contribution in [0.5, 0.6) is 11.5 Å². The van der Waals surface area contributed by atoms with Crippen LogP contribution in [0.4, 0.5) is 0 Å². The first kappa shape index (κ1) is 15.3. The monoisotopic (exact) mass is 340 g/mol. The van der Waals surface area contributed by atoms with Crippen LogP contribution in [-0.4, -0.2) is 27.4 Å². The molecule has 8 nitrogen and oxygen atoms in total. The number of rotatable bonds is 5. The molecule has 1 N–H and O–H groups in total. The number of hydrogen-bond acceptors (Lipinski definition) is 6. The molecule has 0 fully saturated rings. The highest BCUT2D eigenvalue weighted by atomic mass is 16.7. The lowest BCUT2D eigenvalue weighted by molar-refractivity contribution is -0.120. The van der Waals surface area contributed by atoms with Crippen molar-refractivity contribution < 1.29 is 18.8 Å². The Morgan fingerprint density at radius 2 is 2.16 bits per heavy atom. The summed E-state index contributed by atoms with van der Waals surface area (Å²) < 4.78 is 17.6. The van der Waals surface area contributed by atoms with E-state index in [0.29, 0.717) is 23.2 Å². The summed E-state index contributed by atoms with van der Waals surface area (Å²) in [5, 5.41) is 6.71. The molecule has 8 heteroatoms. The summed E-state index contributed by atoms with van der Waals surface area (Å²) in [4.78, 5) is 16.4. The average Bonchev–Trinajstić information content (AvgIpc) is 3.32. The van der Waals surface area contributed by atoms with Gasteiger partial charge in [-0.15, -0.1) is 0 Å². The molecule has 128 valence electrons. The SMILES string of the molecule is Cn1cccc1-c1noc(CNC(=O)Cc2ccc3c(c2)OCO3)n1. The van der Waals surface area contributed by atoms with Crippen LogP contribution in [-0.2, 0) is 24.8 Å². The van der Waals surface area contributed by atoms with Crippen molar-refractivity contribution in [3.63, 3.8) is 0 Å². The minimum atomic E-state index is -0.141. The summed E-state index contributed by atoms with van der Waals surface area (Å²) in [6.07, 6.45) is 2.13. The molecule has 0 saturated heterocycles. The molecule has 3 aromatic rings. The maximum Gasteiger partial charge on any atom is 0.246 e. The number of ether oxygens (including phenoxy) is 2. The highest BCUT2D eigenvalue weighted by Crippen LogP contribution is 2.32. The van der Waals surface area contributed by atoms with Crippen LogP contribution < -0.4 is 14.8 Å². The van der Waals surface area contributed by atoms with Gasteiger partial charge in [0.15, 0.2) is 11.5 Å². The summed E-state index contributed by atoms with van der Waals surface area (Å²) >= 11 is 0. The van der Waals surface area contributed by atoms with Crippen molar-refractivity contribution in [2.45, 2.75) is 13.0 Å². The number of aromatic nitrogens is 3. The lowest BCUT2D eigenvalue weighted by atomic mass is 10.1. The van der Waals surface area contributed by atoms with Gasteiger partial charge >= 0.3 is 0 Å². The van der Waals surface area contributed by atoms with E-state index in [1.165, 1.54) is 0 Å². The number of carbonyl (C=O) groups excluding carboxylic acids is 1. The first-order chi connectivity index (χ1) is 12.2. The molecule has 0 spiro atoms. The largest absolute Gasteiger partial charge is 0.454 e. The van der Waals surface area contributed by atoms with E-state index in [9.17, 15) is 4.79 Å². The minimum absolute atomic E-state index is 0.141. The fourth-order valence-corrected chi connectivity index (χ4v) is 2.60. The predicted octanol–water partition coefficient (Wildman–Crippen LogP) is 1.66. The van der Waals surface area contributed by atoms with Crippen LogP contribution in [0.25, 0.3) is 11.5 Å². The van der Waals surface area contributed by atoms with Gasteiger partial charge in [-0.1, -0.05) is 11.2 Å². The lowest BCUT2D eigenvalue weighted by Crippen LogP contribution is -2.24. The number of nitrogens with one attached hydrogen (secondary N) is 1. The van der Waals surface area contributed by atoms with Gasteiger partial charge in [0, 0.05) is 13.2 Å². The van der Waals surface area contributed by atoms with Crippen molar-refractivity contribution in [3.8, 4) is 23.0 Å². The number of amides is 1. The smallest absolute Gasteiger partial charge is 0.246 e. The van der Waals surface area contributed by atoms with Gasteiger partial charge in [-0.3, -0.25) is 4.79 Å². The van der Waals surface area contributed by atoms with E-state index in [-0.39, 0.29) is 25.7 Å². The number of hydrogen-bond donors (Lipinski definition) is 1. The Morgan fingerprint density at radius 3 is 3.00 bits per heavy atom. The highest BCUT2D eigenvalue weighted by molar-refractivity contribution is 5.78. The van der Waals surface area contributed by atoms with Gasteiger partial charge in [0.2, 0.25) is 24.4 Å². The molecular weight excluding hydrogens is 324 g/mol. The van der Waals surface area contributed by atoms with E-state index in [1.54, 1.807) is 6.07 Å². The number of carbonyl (C=O) groups is 1. The van der Waals surface area contributed by atoms with E-state index < -0.39 is 0 Å². The van der Waals surface area contributed by atoms with Crippen molar-refractivity contribution in [2.24, 2.45) is 7.05 Å². The van der Waals surface area contributed by atoms with Gasteiger partial charge in [-0.05, 0) is 29.8 Å². The van der Waals surface area contributed by atoms with Gasteiger partial charge in [0.05, 0.1) is 18.7 Å². The Labute approximate surface area is 143 Å². The molecule has 3 heterocycles. The van der Waals surface area contributed by atoms with Crippen molar-refractivity contribution >= 4 is 5.91 Å². The zero-order valence-electron chi connectivity index (χ0n) is 13.6. The molecule has 1 aliphatic heterocycles. The van der Waals surface area contributed by atoms with Crippen LogP contribution in [0.2, 0.25) is 0 Å². The molecule has 2 aromatic heterocycles. The van der Waals surface area contributed by atoms with Crippen molar-refractivity contribution in [1.82, 2.24) is 20.0 Å². The molecule has 0 radical (unpaired) electrons. The molecule has 1 aliphatic rings. The summed E-state index contributed by atoms with van der Waals surface area (Å²) in [7, 11) is 1.90. The maximum absolute atomic E-state index is 12.1. The summed E-state index contributed by atoms with van der Waals surface area (Å²) in [5.74, 6) is 2.07. The third-order valence-corrected chi connectivity index (χ3v) is 3.88. The average molecular weight is 340 g/mol. The number of nitrogens with zero attached hydrogens (tertiary/aromatic N) is 3. The standard InChI is InChI=1S/C17H16N4O4/c1-21-6-2-3-12(21)17-19-16(25-20-17)9-18-15(22)8-11-4-5-13-14(7-11)24-10-23-13/h2-7H,8-10H2,1H3,(H,18,22). The first-order valence-corrected chi connectivity index (χ1v) is 7.78. The third kappa shape index (κ3) is 3.18. The second kappa shape index (κ2) is 6.31. The molecule has 0 aliphatic carbocycles. The molecule has 25 heavy (non-hydrogen) atoms. The Morgan fingerprint density at radius 1 is 1.28 bits per heavy atom. The first-order valence-electron chi connectivity index (χ1n) is 7.78. The summed E-state index contributed by atoms with van der Waals surface area (Å²) in [6.45, 7) is 0.395. The van der Waals surface area contributed by atoms with Crippen molar-refractivity contribution in [2.75, 3.05) is 6.79 Å². The number of fused-ring (bicyclic) bond motifs is 1. The molecule has 1 amide bonds. The van der Waals surface area contributed by atoms with E-state index in [4.69, 9.17) is 14.0 Å².